The summed E-state index contributed by atoms with van der Waals surface area (Å²) in [5.74, 6) is 0.483. The molecule has 1 aliphatic rings. The molecule has 0 amide bonds. The van der Waals surface area contributed by atoms with Gasteiger partial charge in [0.05, 0.1) is 35.5 Å². The van der Waals surface area contributed by atoms with Crippen LogP contribution in [0.3, 0.4) is 0 Å². The van der Waals surface area contributed by atoms with Gasteiger partial charge in [0, 0.05) is 6.42 Å². The summed E-state index contributed by atoms with van der Waals surface area (Å²) in [6.45, 7) is 0.847. The lowest BCUT2D eigenvalue weighted by Gasteiger charge is -2.12. The number of hydrogen-bond donors (Lipinski definition) is 0. The summed E-state index contributed by atoms with van der Waals surface area (Å²) < 4.78 is 17.7. The molecule has 0 fully saturated rings. The number of carbonyl (C=O) groups excluding carboxylic acids is 1. The number of ether oxygens (including phenoxy) is 3. The maximum absolute atomic E-state index is 12.4. The van der Waals surface area contributed by atoms with Crippen molar-refractivity contribution in [1.29, 1.82) is 0 Å². The van der Waals surface area contributed by atoms with E-state index in [4.69, 9.17) is 25.8 Å². The average molecular weight is 401 g/mol. The SMILES string of the molecule is O=C(Cn1cnc2ccccc2c1=O)OCc1cc(Cl)c2c(c1)OCCCO2. The molecular weight excluding hydrogens is 384 g/mol. The third-order valence-electron chi connectivity index (χ3n) is 4.29. The molecule has 0 atom stereocenters. The fourth-order valence-electron chi connectivity index (χ4n) is 2.93. The Kier molecular flexibility index (Phi) is 5.16. The Bertz CT molecular complexity index is 1100. The van der Waals surface area contributed by atoms with Gasteiger partial charge in [-0.15, -0.1) is 0 Å². The fraction of sp³-hybridized carbons (Fsp3) is 0.250. The van der Waals surface area contributed by atoms with Crippen LogP contribution >= 0.6 is 11.6 Å². The summed E-state index contributed by atoms with van der Waals surface area (Å²) in [4.78, 5) is 28.8. The van der Waals surface area contributed by atoms with Gasteiger partial charge in [-0.3, -0.25) is 14.2 Å². The van der Waals surface area contributed by atoms with Crippen LogP contribution in [0.4, 0.5) is 0 Å². The van der Waals surface area contributed by atoms with Crippen LogP contribution in [0.2, 0.25) is 5.02 Å². The minimum absolute atomic E-state index is 0.00491. The molecule has 0 saturated carbocycles. The van der Waals surface area contributed by atoms with Crippen LogP contribution in [-0.4, -0.2) is 28.7 Å². The molecule has 0 bridgehead atoms. The van der Waals surface area contributed by atoms with Crippen LogP contribution in [0.15, 0.2) is 47.5 Å². The van der Waals surface area contributed by atoms with E-state index in [2.05, 4.69) is 4.98 Å². The van der Waals surface area contributed by atoms with Crippen molar-refractivity contribution in [2.24, 2.45) is 0 Å². The summed E-state index contributed by atoms with van der Waals surface area (Å²) >= 11 is 6.24. The first kappa shape index (κ1) is 18.3. The van der Waals surface area contributed by atoms with Gasteiger partial charge >= 0.3 is 5.97 Å². The summed E-state index contributed by atoms with van der Waals surface area (Å²) in [7, 11) is 0. The summed E-state index contributed by atoms with van der Waals surface area (Å²) in [6, 6.07) is 10.4. The van der Waals surface area contributed by atoms with Crippen molar-refractivity contribution >= 4 is 28.5 Å². The van der Waals surface area contributed by atoms with Crippen LogP contribution in [-0.2, 0) is 22.7 Å². The highest BCUT2D eigenvalue weighted by Gasteiger charge is 2.16. The Morgan fingerprint density at radius 1 is 1.21 bits per heavy atom. The molecule has 0 unspecified atom stereocenters. The molecule has 7 nitrogen and oxygen atoms in total. The highest BCUT2D eigenvalue weighted by atomic mass is 35.5. The predicted molar refractivity (Wildman–Crippen MR) is 103 cm³/mol. The van der Waals surface area contributed by atoms with Gasteiger partial charge in [-0.1, -0.05) is 23.7 Å². The van der Waals surface area contributed by atoms with E-state index < -0.39 is 5.97 Å². The second kappa shape index (κ2) is 7.90. The molecule has 0 radical (unpaired) electrons. The first-order valence-electron chi connectivity index (χ1n) is 8.79. The molecule has 1 aliphatic heterocycles. The first-order valence-corrected chi connectivity index (χ1v) is 9.17. The number of fused-ring (bicyclic) bond motifs is 2. The van der Waals surface area contributed by atoms with Crippen LogP contribution in [0, 0.1) is 0 Å². The molecule has 0 N–H and O–H groups in total. The second-order valence-corrected chi connectivity index (χ2v) is 6.72. The molecule has 144 valence electrons. The summed E-state index contributed by atoms with van der Waals surface area (Å²) in [6.07, 6.45) is 2.11. The zero-order valence-corrected chi connectivity index (χ0v) is 15.6. The highest BCUT2D eigenvalue weighted by Crippen LogP contribution is 2.38. The first-order chi connectivity index (χ1) is 13.6. The van der Waals surface area contributed by atoms with E-state index in [1.165, 1.54) is 10.9 Å². The van der Waals surface area contributed by atoms with Crippen molar-refractivity contribution in [1.82, 2.24) is 9.55 Å². The molecular formula is C20H17ClN2O5. The molecule has 8 heteroatoms. The zero-order chi connectivity index (χ0) is 19.5. The van der Waals surface area contributed by atoms with E-state index in [1.807, 2.05) is 0 Å². The van der Waals surface area contributed by atoms with Crippen LogP contribution in [0.5, 0.6) is 11.5 Å². The second-order valence-electron chi connectivity index (χ2n) is 6.31. The smallest absolute Gasteiger partial charge is 0.326 e. The normalized spacial score (nSPS) is 13.2. The molecule has 0 aliphatic carbocycles. The number of halogens is 1. The van der Waals surface area contributed by atoms with Gasteiger partial charge in [-0.2, -0.15) is 0 Å². The van der Waals surface area contributed by atoms with E-state index in [0.717, 1.165) is 6.42 Å². The molecule has 2 heterocycles. The average Bonchev–Trinajstić information content (AvgIpc) is 2.95. The monoisotopic (exact) mass is 400 g/mol. The number of aromatic nitrogens is 2. The number of esters is 1. The van der Waals surface area contributed by atoms with E-state index in [-0.39, 0.29) is 18.7 Å². The largest absolute Gasteiger partial charge is 0.489 e. The van der Waals surface area contributed by atoms with Gasteiger partial charge in [-0.25, -0.2) is 4.98 Å². The van der Waals surface area contributed by atoms with Crippen molar-refractivity contribution in [2.45, 2.75) is 19.6 Å². The van der Waals surface area contributed by atoms with Crippen molar-refractivity contribution in [3.63, 3.8) is 0 Å². The maximum Gasteiger partial charge on any atom is 0.326 e. The fourth-order valence-corrected chi connectivity index (χ4v) is 3.22. The minimum Gasteiger partial charge on any atom is -0.489 e. The number of rotatable bonds is 4. The van der Waals surface area contributed by atoms with Crippen molar-refractivity contribution in [2.75, 3.05) is 13.2 Å². The molecule has 28 heavy (non-hydrogen) atoms. The lowest BCUT2D eigenvalue weighted by Crippen LogP contribution is -2.25. The Balaban J connectivity index is 1.45. The third-order valence-corrected chi connectivity index (χ3v) is 4.57. The molecule has 2 aromatic carbocycles. The number of carbonyl (C=O) groups is 1. The van der Waals surface area contributed by atoms with Crippen LogP contribution < -0.4 is 15.0 Å². The molecule has 3 aromatic rings. The van der Waals surface area contributed by atoms with Gasteiger partial charge in [0.1, 0.15) is 13.2 Å². The van der Waals surface area contributed by atoms with Gasteiger partial charge in [0.15, 0.2) is 11.5 Å². The topological polar surface area (TPSA) is 79.7 Å². The standard InChI is InChI=1S/C20H17ClN2O5/c21-15-8-13(9-17-19(15)27-7-3-6-26-17)11-28-18(24)10-23-12-22-16-5-2-1-4-14(16)20(23)25/h1-2,4-5,8-9,12H,3,6-7,10-11H2. The Morgan fingerprint density at radius 3 is 2.93 bits per heavy atom. The predicted octanol–water partition coefficient (Wildman–Crippen LogP) is 2.95. The van der Waals surface area contributed by atoms with Gasteiger partial charge in [-0.05, 0) is 29.8 Å². The van der Waals surface area contributed by atoms with Crippen molar-refractivity contribution < 1.29 is 19.0 Å². The van der Waals surface area contributed by atoms with Gasteiger partial charge in [0.2, 0.25) is 0 Å². The molecule has 0 spiro atoms. The summed E-state index contributed by atoms with van der Waals surface area (Å²) in [5.41, 5.74) is 0.965. The number of benzene rings is 2. The van der Waals surface area contributed by atoms with Crippen LogP contribution in [0.25, 0.3) is 10.9 Å². The third kappa shape index (κ3) is 3.80. The van der Waals surface area contributed by atoms with E-state index in [9.17, 15) is 9.59 Å². The van der Waals surface area contributed by atoms with E-state index in [1.54, 1.807) is 36.4 Å². The quantitative estimate of drug-likeness (QED) is 0.626. The van der Waals surface area contributed by atoms with Crippen molar-refractivity contribution in [3.05, 3.63) is 63.7 Å². The molecule has 0 saturated heterocycles. The molecule has 4 rings (SSSR count). The zero-order valence-electron chi connectivity index (χ0n) is 14.9. The number of hydrogen-bond acceptors (Lipinski definition) is 6. The Morgan fingerprint density at radius 2 is 2.04 bits per heavy atom. The Labute approximate surface area is 165 Å². The minimum atomic E-state index is -0.553. The lowest BCUT2D eigenvalue weighted by atomic mass is 10.2. The van der Waals surface area contributed by atoms with Crippen LogP contribution in [0.1, 0.15) is 12.0 Å². The Hall–Kier alpha value is -3.06. The van der Waals surface area contributed by atoms with E-state index in [0.29, 0.717) is 46.2 Å². The number of para-hydroxylation sites is 1. The van der Waals surface area contributed by atoms with Gasteiger partial charge in [0.25, 0.3) is 5.56 Å². The lowest BCUT2D eigenvalue weighted by molar-refractivity contribution is -0.145. The van der Waals surface area contributed by atoms with Crippen molar-refractivity contribution in [3.8, 4) is 11.5 Å². The molecule has 1 aromatic heterocycles. The summed E-state index contributed by atoms with van der Waals surface area (Å²) in [5, 5.41) is 0.855. The number of nitrogens with zero attached hydrogens (tertiary/aromatic N) is 2. The van der Waals surface area contributed by atoms with E-state index >= 15 is 0 Å². The maximum atomic E-state index is 12.4. The highest BCUT2D eigenvalue weighted by molar-refractivity contribution is 6.32. The van der Waals surface area contributed by atoms with Gasteiger partial charge < -0.3 is 14.2 Å².